The van der Waals surface area contributed by atoms with Crippen LogP contribution in [0.2, 0.25) is 0 Å². The van der Waals surface area contributed by atoms with E-state index in [0.29, 0.717) is 17.1 Å². The number of rotatable bonds is 6. The summed E-state index contributed by atoms with van der Waals surface area (Å²) in [5.74, 6) is 0. The summed E-state index contributed by atoms with van der Waals surface area (Å²) in [6.45, 7) is 6.33. The molecule has 1 fully saturated rings. The molecule has 0 aliphatic heterocycles. The second kappa shape index (κ2) is 5.74. The van der Waals surface area contributed by atoms with E-state index in [1.807, 2.05) is 26.0 Å². The Morgan fingerprint density at radius 3 is 2.40 bits per heavy atom. The highest BCUT2D eigenvalue weighted by Crippen LogP contribution is 2.36. The second-order valence-electron chi connectivity index (χ2n) is 5.64. The monoisotopic (exact) mass is 296 g/mol. The van der Waals surface area contributed by atoms with Crippen LogP contribution in [0.25, 0.3) is 0 Å². The first-order valence-electron chi connectivity index (χ1n) is 7.27. The number of hydrogen-bond acceptors (Lipinski definition) is 3. The van der Waals surface area contributed by atoms with Crippen molar-refractivity contribution in [1.82, 2.24) is 4.31 Å². The zero-order valence-electron chi connectivity index (χ0n) is 12.5. The standard InChI is InChI=1S/C15H24N2O2S/c1-4-5-10-17(13-8-9-13)20(18,19)15-12(3)7-6-11(2)14(15)16/h6-7,13H,4-5,8-10,16H2,1-3H3. The van der Waals surface area contributed by atoms with Crippen molar-refractivity contribution in [1.29, 1.82) is 0 Å². The maximum atomic E-state index is 13.0. The fourth-order valence-electron chi connectivity index (χ4n) is 2.44. The van der Waals surface area contributed by atoms with Gasteiger partial charge in [-0.2, -0.15) is 4.31 Å². The summed E-state index contributed by atoms with van der Waals surface area (Å²) in [7, 11) is -3.49. The topological polar surface area (TPSA) is 63.4 Å². The normalized spacial score (nSPS) is 15.8. The maximum Gasteiger partial charge on any atom is 0.245 e. The molecule has 0 bridgehead atoms. The molecule has 2 rings (SSSR count). The lowest BCUT2D eigenvalue weighted by Gasteiger charge is -2.24. The summed E-state index contributed by atoms with van der Waals surface area (Å²) in [5, 5.41) is 0. The van der Waals surface area contributed by atoms with Gasteiger partial charge in [-0.1, -0.05) is 25.5 Å². The number of aryl methyl sites for hydroxylation is 2. The smallest absolute Gasteiger partial charge is 0.245 e. The lowest BCUT2D eigenvalue weighted by atomic mass is 10.1. The highest BCUT2D eigenvalue weighted by Gasteiger charge is 2.39. The van der Waals surface area contributed by atoms with E-state index in [2.05, 4.69) is 6.92 Å². The number of benzene rings is 1. The van der Waals surface area contributed by atoms with Crippen LogP contribution in [-0.4, -0.2) is 25.3 Å². The van der Waals surface area contributed by atoms with Gasteiger partial charge in [-0.3, -0.25) is 0 Å². The molecule has 4 nitrogen and oxygen atoms in total. The van der Waals surface area contributed by atoms with Gasteiger partial charge in [-0.05, 0) is 44.2 Å². The number of sulfonamides is 1. The zero-order valence-corrected chi connectivity index (χ0v) is 13.3. The lowest BCUT2D eigenvalue weighted by Crippen LogP contribution is -2.35. The van der Waals surface area contributed by atoms with Crippen molar-refractivity contribution in [2.75, 3.05) is 12.3 Å². The van der Waals surface area contributed by atoms with Gasteiger partial charge in [0.15, 0.2) is 0 Å². The van der Waals surface area contributed by atoms with E-state index in [9.17, 15) is 8.42 Å². The third-order valence-corrected chi connectivity index (χ3v) is 6.02. The Hall–Kier alpha value is -1.07. The summed E-state index contributed by atoms with van der Waals surface area (Å²) in [6.07, 6.45) is 3.81. The van der Waals surface area contributed by atoms with Crippen LogP contribution in [0.3, 0.4) is 0 Å². The van der Waals surface area contributed by atoms with Crippen LogP contribution in [0.15, 0.2) is 17.0 Å². The van der Waals surface area contributed by atoms with Gasteiger partial charge in [-0.25, -0.2) is 8.42 Å². The Balaban J connectivity index is 2.45. The molecule has 0 radical (unpaired) electrons. The average Bonchev–Trinajstić information content (AvgIpc) is 3.19. The highest BCUT2D eigenvalue weighted by molar-refractivity contribution is 7.89. The summed E-state index contributed by atoms with van der Waals surface area (Å²) >= 11 is 0. The number of nitrogen functional groups attached to an aromatic ring is 1. The Morgan fingerprint density at radius 1 is 1.25 bits per heavy atom. The quantitative estimate of drug-likeness (QED) is 0.821. The molecule has 20 heavy (non-hydrogen) atoms. The van der Waals surface area contributed by atoms with Gasteiger partial charge in [0.1, 0.15) is 4.90 Å². The molecule has 112 valence electrons. The van der Waals surface area contributed by atoms with Crippen molar-refractivity contribution >= 4 is 15.7 Å². The number of nitrogens with zero attached hydrogens (tertiary/aromatic N) is 1. The Kier molecular flexibility index (Phi) is 4.39. The lowest BCUT2D eigenvalue weighted by molar-refractivity contribution is 0.395. The SMILES string of the molecule is CCCCN(C1CC1)S(=O)(=O)c1c(C)ccc(C)c1N. The molecule has 5 heteroatoms. The molecule has 1 aliphatic rings. The van der Waals surface area contributed by atoms with Crippen molar-refractivity contribution in [3.8, 4) is 0 Å². The fraction of sp³-hybridized carbons (Fsp3) is 0.600. The van der Waals surface area contributed by atoms with Gasteiger partial charge in [0.05, 0.1) is 5.69 Å². The molecular weight excluding hydrogens is 272 g/mol. The number of unbranched alkanes of at least 4 members (excludes halogenated alkanes) is 1. The molecule has 1 aliphatic carbocycles. The molecule has 0 amide bonds. The third kappa shape index (κ3) is 2.83. The number of nitrogens with two attached hydrogens (primary N) is 1. The van der Waals surface area contributed by atoms with Crippen LogP contribution >= 0.6 is 0 Å². The molecule has 0 atom stereocenters. The average molecular weight is 296 g/mol. The van der Waals surface area contributed by atoms with Crippen LogP contribution in [0.5, 0.6) is 0 Å². The van der Waals surface area contributed by atoms with Crippen molar-refractivity contribution in [3.63, 3.8) is 0 Å². The predicted molar refractivity (Wildman–Crippen MR) is 82.2 cm³/mol. The molecular formula is C15H24N2O2S. The van der Waals surface area contributed by atoms with Gasteiger partial charge in [-0.15, -0.1) is 0 Å². The van der Waals surface area contributed by atoms with E-state index < -0.39 is 10.0 Å². The molecule has 0 spiro atoms. The first-order valence-corrected chi connectivity index (χ1v) is 8.71. The van der Waals surface area contributed by atoms with Gasteiger partial charge >= 0.3 is 0 Å². The van der Waals surface area contributed by atoms with Gasteiger partial charge in [0, 0.05) is 12.6 Å². The molecule has 0 unspecified atom stereocenters. The minimum absolute atomic E-state index is 0.172. The van der Waals surface area contributed by atoms with E-state index in [1.54, 1.807) is 4.31 Å². The number of hydrogen-bond donors (Lipinski definition) is 1. The molecule has 1 aromatic rings. The van der Waals surface area contributed by atoms with Crippen LogP contribution in [-0.2, 0) is 10.0 Å². The zero-order chi connectivity index (χ0) is 14.9. The van der Waals surface area contributed by atoms with Crippen molar-refractivity contribution in [2.45, 2.75) is 57.4 Å². The van der Waals surface area contributed by atoms with Gasteiger partial charge < -0.3 is 5.73 Å². The minimum atomic E-state index is -3.49. The summed E-state index contributed by atoms with van der Waals surface area (Å²) in [4.78, 5) is 0.306. The molecule has 0 aromatic heterocycles. The molecule has 0 heterocycles. The van der Waals surface area contributed by atoms with E-state index in [4.69, 9.17) is 5.73 Å². The molecule has 1 aromatic carbocycles. The van der Waals surface area contributed by atoms with Crippen molar-refractivity contribution in [3.05, 3.63) is 23.3 Å². The maximum absolute atomic E-state index is 13.0. The van der Waals surface area contributed by atoms with Crippen LogP contribution < -0.4 is 5.73 Å². The highest BCUT2D eigenvalue weighted by atomic mass is 32.2. The summed E-state index contributed by atoms with van der Waals surface area (Å²) < 4.78 is 27.6. The van der Waals surface area contributed by atoms with Crippen LogP contribution in [0, 0.1) is 13.8 Å². The number of anilines is 1. The van der Waals surface area contributed by atoms with Gasteiger partial charge in [0.2, 0.25) is 10.0 Å². The van der Waals surface area contributed by atoms with E-state index in [-0.39, 0.29) is 6.04 Å². The van der Waals surface area contributed by atoms with Crippen molar-refractivity contribution in [2.24, 2.45) is 0 Å². The third-order valence-electron chi connectivity index (χ3n) is 3.86. The Morgan fingerprint density at radius 2 is 1.85 bits per heavy atom. The summed E-state index contributed by atoms with van der Waals surface area (Å²) in [6, 6.07) is 3.88. The fourth-order valence-corrected chi connectivity index (χ4v) is 4.56. The Labute approximate surface area is 122 Å². The minimum Gasteiger partial charge on any atom is -0.397 e. The summed E-state index contributed by atoms with van der Waals surface area (Å²) in [5.41, 5.74) is 8.00. The second-order valence-corrected chi connectivity index (χ2v) is 7.47. The first-order chi connectivity index (χ1) is 9.39. The Bertz CT molecular complexity index is 592. The van der Waals surface area contributed by atoms with E-state index in [0.717, 1.165) is 36.8 Å². The first kappa shape index (κ1) is 15.3. The largest absolute Gasteiger partial charge is 0.397 e. The van der Waals surface area contributed by atoms with Gasteiger partial charge in [0.25, 0.3) is 0 Å². The van der Waals surface area contributed by atoms with Crippen LogP contribution in [0.4, 0.5) is 5.69 Å². The van der Waals surface area contributed by atoms with Crippen molar-refractivity contribution < 1.29 is 8.42 Å². The van der Waals surface area contributed by atoms with E-state index in [1.165, 1.54) is 0 Å². The van der Waals surface area contributed by atoms with Crippen LogP contribution in [0.1, 0.15) is 43.7 Å². The van der Waals surface area contributed by atoms with E-state index >= 15 is 0 Å². The predicted octanol–water partition coefficient (Wildman–Crippen LogP) is 2.84. The molecule has 2 N–H and O–H groups in total. The molecule has 1 saturated carbocycles. The molecule has 0 saturated heterocycles.